The van der Waals surface area contributed by atoms with Crippen molar-refractivity contribution in [2.45, 2.75) is 32.4 Å². The highest BCUT2D eigenvalue weighted by Crippen LogP contribution is 2.38. The molecule has 0 saturated carbocycles. The Morgan fingerprint density at radius 2 is 2.03 bits per heavy atom. The first kappa shape index (κ1) is 22.0. The topological polar surface area (TPSA) is 70.2 Å². The zero-order valence-electron chi connectivity index (χ0n) is 19.9. The molecule has 0 spiro atoms. The number of thiazole rings is 1. The second-order valence-corrected chi connectivity index (χ2v) is 10.2. The minimum absolute atomic E-state index is 0.190. The first-order chi connectivity index (χ1) is 17.1. The number of nitrogens with one attached hydrogen (secondary N) is 1. The van der Waals surface area contributed by atoms with E-state index in [0.29, 0.717) is 6.54 Å². The first-order valence-corrected chi connectivity index (χ1v) is 12.9. The number of ether oxygens (including phenoxy) is 1. The molecule has 6 rings (SSSR count). The molecule has 1 fully saturated rings. The maximum Gasteiger partial charge on any atom is 0.148 e. The van der Waals surface area contributed by atoms with Crippen LogP contribution in [-0.2, 0) is 6.54 Å². The minimum atomic E-state index is 0.190. The zero-order chi connectivity index (χ0) is 23.8. The van der Waals surface area contributed by atoms with Crippen molar-refractivity contribution in [2.75, 3.05) is 25.0 Å². The van der Waals surface area contributed by atoms with Crippen LogP contribution in [0.4, 0.5) is 11.5 Å². The number of likely N-dealkylation sites (tertiary alicyclic amines) is 1. The summed E-state index contributed by atoms with van der Waals surface area (Å²) in [5, 5.41) is 5.27. The summed E-state index contributed by atoms with van der Waals surface area (Å²) >= 11 is 1.67. The Hall–Kier alpha value is -3.49. The highest BCUT2D eigenvalue weighted by atomic mass is 32.1. The fraction of sp³-hybridized carbons (Fsp3) is 0.296. The molecule has 5 aromatic rings. The lowest BCUT2D eigenvalue weighted by Crippen LogP contribution is -2.35. The number of benzene rings is 2. The Balaban J connectivity index is 1.47. The molecular weight excluding hydrogens is 456 g/mol. The van der Waals surface area contributed by atoms with E-state index in [2.05, 4.69) is 56.5 Å². The van der Waals surface area contributed by atoms with Crippen molar-refractivity contribution in [2.24, 2.45) is 0 Å². The van der Waals surface area contributed by atoms with Crippen molar-refractivity contribution in [1.82, 2.24) is 24.8 Å². The molecule has 0 atom stereocenters. The van der Waals surface area contributed by atoms with Crippen molar-refractivity contribution in [1.29, 1.82) is 0 Å². The lowest BCUT2D eigenvalue weighted by atomic mass is 10.1. The highest BCUT2D eigenvalue weighted by molar-refractivity contribution is 7.09. The molecule has 1 saturated heterocycles. The van der Waals surface area contributed by atoms with E-state index in [0.717, 1.165) is 75.7 Å². The Morgan fingerprint density at radius 1 is 1.14 bits per heavy atom. The average Bonchev–Trinajstić information content (AvgIpc) is 3.52. The molecule has 0 unspecified atom stereocenters. The van der Waals surface area contributed by atoms with Crippen LogP contribution in [0.1, 0.15) is 23.5 Å². The summed E-state index contributed by atoms with van der Waals surface area (Å²) in [7, 11) is 2.17. The molecular formula is C27H28N6OS. The van der Waals surface area contributed by atoms with Crippen molar-refractivity contribution >= 4 is 44.6 Å². The highest BCUT2D eigenvalue weighted by Gasteiger charge is 2.23. The van der Waals surface area contributed by atoms with Gasteiger partial charge in [0.05, 0.1) is 28.1 Å². The van der Waals surface area contributed by atoms with Gasteiger partial charge in [-0.3, -0.25) is 0 Å². The summed E-state index contributed by atoms with van der Waals surface area (Å²) in [6.07, 6.45) is 5.83. The van der Waals surface area contributed by atoms with E-state index in [1.54, 1.807) is 17.7 Å². The molecule has 4 heterocycles. The van der Waals surface area contributed by atoms with Crippen LogP contribution in [0.25, 0.3) is 21.8 Å². The molecule has 0 amide bonds. The number of H-pyrrole nitrogens is 1. The van der Waals surface area contributed by atoms with Crippen molar-refractivity contribution < 1.29 is 4.74 Å². The molecule has 1 aliphatic heterocycles. The van der Waals surface area contributed by atoms with Gasteiger partial charge in [0, 0.05) is 41.3 Å². The third kappa shape index (κ3) is 4.47. The Labute approximate surface area is 208 Å². The Morgan fingerprint density at radius 3 is 2.86 bits per heavy atom. The van der Waals surface area contributed by atoms with E-state index in [4.69, 9.17) is 14.7 Å². The molecule has 1 aliphatic rings. The van der Waals surface area contributed by atoms with Crippen LogP contribution in [0.2, 0.25) is 0 Å². The number of piperidine rings is 1. The van der Waals surface area contributed by atoms with Gasteiger partial charge in [-0.25, -0.2) is 15.0 Å². The molecule has 35 heavy (non-hydrogen) atoms. The predicted octanol–water partition coefficient (Wildman–Crippen LogP) is 5.69. The number of aryl methyl sites for hydroxylation is 1. The van der Waals surface area contributed by atoms with Crippen molar-refractivity contribution in [3.05, 3.63) is 71.1 Å². The van der Waals surface area contributed by atoms with Gasteiger partial charge in [-0.15, -0.1) is 11.3 Å². The number of hydrogen-bond acceptors (Lipinski definition) is 7. The van der Waals surface area contributed by atoms with E-state index in [9.17, 15) is 0 Å². The molecule has 8 heteroatoms. The smallest absolute Gasteiger partial charge is 0.148 e. The van der Waals surface area contributed by atoms with E-state index < -0.39 is 0 Å². The molecule has 7 nitrogen and oxygen atoms in total. The van der Waals surface area contributed by atoms with Gasteiger partial charge in [-0.2, -0.15) is 0 Å². The monoisotopic (exact) mass is 484 g/mol. The zero-order valence-corrected chi connectivity index (χ0v) is 20.8. The van der Waals surface area contributed by atoms with E-state index in [-0.39, 0.29) is 6.10 Å². The van der Waals surface area contributed by atoms with Gasteiger partial charge in [-0.1, -0.05) is 6.07 Å². The molecule has 178 valence electrons. The maximum atomic E-state index is 6.60. The molecule has 1 N–H and O–H groups in total. The number of aromatic nitrogens is 4. The van der Waals surface area contributed by atoms with Gasteiger partial charge in [-0.05, 0) is 63.2 Å². The summed E-state index contributed by atoms with van der Waals surface area (Å²) in [5.41, 5.74) is 4.05. The Bertz CT molecular complexity index is 1460. The number of rotatable bonds is 6. The quantitative estimate of drug-likeness (QED) is 0.334. The fourth-order valence-corrected chi connectivity index (χ4v) is 5.39. The van der Waals surface area contributed by atoms with Gasteiger partial charge in [0.25, 0.3) is 0 Å². The van der Waals surface area contributed by atoms with Crippen LogP contribution >= 0.6 is 11.3 Å². The lowest BCUT2D eigenvalue weighted by Gasteiger charge is -2.30. The molecule has 2 aromatic carbocycles. The van der Waals surface area contributed by atoms with Gasteiger partial charge < -0.3 is 19.5 Å². The summed E-state index contributed by atoms with van der Waals surface area (Å²) in [6, 6.07) is 14.6. The predicted molar refractivity (Wildman–Crippen MR) is 142 cm³/mol. The third-order valence-corrected chi connectivity index (χ3v) is 7.48. The SMILES string of the molecule is Cc1nc(CN(c2ccc3[nH]ccc3c2)c2ncnc3cccc(OC4CCN(C)CC4)c23)cs1. The summed E-state index contributed by atoms with van der Waals surface area (Å²) < 4.78 is 6.60. The Kier molecular flexibility index (Phi) is 5.83. The summed E-state index contributed by atoms with van der Waals surface area (Å²) in [5.74, 6) is 1.67. The second-order valence-electron chi connectivity index (χ2n) is 9.16. The molecule has 0 radical (unpaired) electrons. The van der Waals surface area contributed by atoms with Gasteiger partial charge in [0.15, 0.2) is 0 Å². The minimum Gasteiger partial charge on any atom is -0.489 e. The van der Waals surface area contributed by atoms with Crippen LogP contribution in [-0.4, -0.2) is 51.1 Å². The number of nitrogens with zero attached hydrogens (tertiary/aromatic N) is 5. The van der Waals surface area contributed by atoms with Crippen LogP contribution < -0.4 is 9.64 Å². The van der Waals surface area contributed by atoms with E-state index >= 15 is 0 Å². The van der Waals surface area contributed by atoms with Crippen LogP contribution in [0.5, 0.6) is 5.75 Å². The van der Waals surface area contributed by atoms with E-state index in [1.807, 2.05) is 31.3 Å². The standard InChI is InChI=1S/C27H28N6OS/c1-18-31-20(16-35-18)15-33(21-6-7-23-19(14-21)8-11-28-23)27-26-24(29-17-30-27)4-3-5-25(26)34-22-9-12-32(2)13-10-22/h3-8,11,14,16-17,22,28H,9-10,12-13,15H2,1-2H3. The number of aromatic amines is 1. The lowest BCUT2D eigenvalue weighted by molar-refractivity contribution is 0.116. The average molecular weight is 485 g/mol. The van der Waals surface area contributed by atoms with Gasteiger partial charge in [0.1, 0.15) is 24.0 Å². The van der Waals surface area contributed by atoms with Crippen LogP contribution in [0.3, 0.4) is 0 Å². The third-order valence-electron chi connectivity index (χ3n) is 6.65. The summed E-state index contributed by atoms with van der Waals surface area (Å²) in [4.78, 5) is 22.0. The number of anilines is 2. The number of hydrogen-bond donors (Lipinski definition) is 1. The molecule has 3 aromatic heterocycles. The molecule has 0 bridgehead atoms. The van der Waals surface area contributed by atoms with Crippen molar-refractivity contribution in [3.8, 4) is 5.75 Å². The van der Waals surface area contributed by atoms with Crippen LogP contribution in [0, 0.1) is 6.92 Å². The number of fused-ring (bicyclic) bond motifs is 2. The van der Waals surface area contributed by atoms with Gasteiger partial charge in [0.2, 0.25) is 0 Å². The van der Waals surface area contributed by atoms with Crippen molar-refractivity contribution in [3.63, 3.8) is 0 Å². The summed E-state index contributed by atoms with van der Waals surface area (Å²) in [6.45, 7) is 4.74. The maximum absolute atomic E-state index is 6.60. The fourth-order valence-electron chi connectivity index (χ4n) is 4.79. The molecule has 0 aliphatic carbocycles. The largest absolute Gasteiger partial charge is 0.489 e. The second kappa shape index (κ2) is 9.28. The van der Waals surface area contributed by atoms with E-state index in [1.165, 1.54) is 0 Å². The normalized spacial score (nSPS) is 15.1. The van der Waals surface area contributed by atoms with Crippen LogP contribution in [0.15, 0.2) is 60.4 Å². The first-order valence-electron chi connectivity index (χ1n) is 12.0. The van der Waals surface area contributed by atoms with Gasteiger partial charge >= 0.3 is 0 Å².